The molecule has 1 heterocycles. The molecule has 0 radical (unpaired) electrons. The van der Waals surface area contributed by atoms with Gasteiger partial charge in [0.25, 0.3) is 10.2 Å². The number of rotatable bonds is 5. The van der Waals surface area contributed by atoms with Gasteiger partial charge in [0.2, 0.25) is 0 Å². The molecule has 3 unspecified atom stereocenters. The van der Waals surface area contributed by atoms with E-state index in [-0.39, 0.29) is 18.6 Å². The maximum absolute atomic E-state index is 12.4. The third-order valence-corrected chi connectivity index (χ3v) is 6.01. The van der Waals surface area contributed by atoms with Gasteiger partial charge in [-0.1, -0.05) is 30.3 Å². The zero-order valence-corrected chi connectivity index (χ0v) is 12.8. The number of aliphatic hydroxyl groups is 1. The van der Waals surface area contributed by atoms with E-state index in [1.165, 1.54) is 9.87 Å². The first kappa shape index (κ1) is 15.0. The van der Waals surface area contributed by atoms with Crippen molar-refractivity contribution in [2.24, 2.45) is 5.92 Å². The average Bonchev–Trinajstić information content (AvgIpc) is 3.26. The number of benzene rings is 1. The molecule has 2 fully saturated rings. The van der Waals surface area contributed by atoms with E-state index in [1.807, 2.05) is 30.3 Å². The van der Waals surface area contributed by atoms with Crippen LogP contribution in [0.5, 0.6) is 0 Å². The smallest absolute Gasteiger partial charge is 0.279 e. The highest BCUT2D eigenvalue weighted by molar-refractivity contribution is 7.87. The Kier molecular flexibility index (Phi) is 4.31. The fourth-order valence-corrected chi connectivity index (χ4v) is 4.62. The normalized spacial score (nSPS) is 30.2. The lowest BCUT2D eigenvalue weighted by molar-refractivity contribution is 0.164. The summed E-state index contributed by atoms with van der Waals surface area (Å²) in [4.78, 5) is 0. The number of hydrogen-bond acceptors (Lipinski definition) is 3. The minimum Gasteiger partial charge on any atom is -0.396 e. The largest absolute Gasteiger partial charge is 0.396 e. The summed E-state index contributed by atoms with van der Waals surface area (Å²) in [6.45, 7) is 1.03. The molecule has 1 saturated heterocycles. The summed E-state index contributed by atoms with van der Waals surface area (Å²) in [7, 11) is -3.43. The first-order chi connectivity index (χ1) is 10.1. The van der Waals surface area contributed by atoms with Gasteiger partial charge in [0.05, 0.1) is 0 Å². The van der Waals surface area contributed by atoms with Gasteiger partial charge in [-0.3, -0.25) is 0 Å². The molecule has 0 bridgehead atoms. The van der Waals surface area contributed by atoms with Crippen LogP contribution in [0.4, 0.5) is 0 Å². The van der Waals surface area contributed by atoms with Gasteiger partial charge >= 0.3 is 0 Å². The summed E-state index contributed by atoms with van der Waals surface area (Å²) in [5.74, 6) is 0.360. The SMILES string of the molecule is O=S(=O)(NC1CC1c1ccccc1)N1CCCC(CO)C1. The van der Waals surface area contributed by atoms with Gasteiger partial charge in [0.15, 0.2) is 0 Å². The molecule has 0 amide bonds. The second-order valence-electron chi connectivity index (χ2n) is 6.03. The molecule has 0 aromatic heterocycles. The minimum absolute atomic E-state index is 0.00639. The molecule has 5 nitrogen and oxygen atoms in total. The molecule has 6 heteroatoms. The van der Waals surface area contributed by atoms with Crippen LogP contribution in [0, 0.1) is 5.92 Å². The van der Waals surface area contributed by atoms with Crippen molar-refractivity contribution in [2.75, 3.05) is 19.7 Å². The van der Waals surface area contributed by atoms with Gasteiger partial charge in [-0.05, 0) is 30.7 Å². The maximum Gasteiger partial charge on any atom is 0.279 e. The Morgan fingerprint density at radius 2 is 2.05 bits per heavy atom. The van der Waals surface area contributed by atoms with Crippen LogP contribution in [0.25, 0.3) is 0 Å². The van der Waals surface area contributed by atoms with Crippen molar-refractivity contribution in [3.05, 3.63) is 35.9 Å². The second-order valence-corrected chi connectivity index (χ2v) is 7.73. The molecule has 0 spiro atoms. The lowest BCUT2D eigenvalue weighted by Gasteiger charge is -2.31. The van der Waals surface area contributed by atoms with Crippen LogP contribution in [0.15, 0.2) is 30.3 Å². The molecule has 1 aromatic rings. The molecular formula is C15H22N2O3S. The Labute approximate surface area is 126 Å². The van der Waals surface area contributed by atoms with Crippen molar-refractivity contribution >= 4 is 10.2 Å². The Morgan fingerprint density at radius 1 is 1.29 bits per heavy atom. The van der Waals surface area contributed by atoms with Crippen LogP contribution in [0.1, 0.15) is 30.7 Å². The summed E-state index contributed by atoms with van der Waals surface area (Å²) in [5.41, 5.74) is 1.19. The van der Waals surface area contributed by atoms with Crippen LogP contribution in [-0.4, -0.2) is 43.6 Å². The molecular weight excluding hydrogens is 288 g/mol. The molecule has 2 aliphatic rings. The van der Waals surface area contributed by atoms with Crippen molar-refractivity contribution in [2.45, 2.75) is 31.2 Å². The highest BCUT2D eigenvalue weighted by Crippen LogP contribution is 2.41. The van der Waals surface area contributed by atoms with Crippen molar-refractivity contribution in [1.29, 1.82) is 0 Å². The minimum atomic E-state index is -3.43. The van der Waals surface area contributed by atoms with Crippen molar-refractivity contribution < 1.29 is 13.5 Å². The lowest BCUT2D eigenvalue weighted by Crippen LogP contribution is -2.47. The number of piperidine rings is 1. The first-order valence-corrected chi connectivity index (χ1v) is 8.97. The number of nitrogens with zero attached hydrogens (tertiary/aromatic N) is 1. The fourth-order valence-electron chi connectivity index (χ4n) is 3.05. The van der Waals surface area contributed by atoms with Crippen LogP contribution in [-0.2, 0) is 10.2 Å². The summed E-state index contributed by atoms with van der Waals surface area (Å²) in [5, 5.41) is 9.22. The third kappa shape index (κ3) is 3.45. The molecule has 1 aromatic carbocycles. The molecule has 1 aliphatic carbocycles. The second kappa shape index (κ2) is 6.04. The van der Waals surface area contributed by atoms with E-state index in [0.29, 0.717) is 19.0 Å². The molecule has 116 valence electrons. The number of nitrogens with one attached hydrogen (secondary N) is 1. The van der Waals surface area contributed by atoms with E-state index in [1.54, 1.807) is 0 Å². The monoisotopic (exact) mass is 310 g/mol. The molecule has 21 heavy (non-hydrogen) atoms. The van der Waals surface area contributed by atoms with Crippen LogP contribution in [0.3, 0.4) is 0 Å². The topological polar surface area (TPSA) is 69.6 Å². The first-order valence-electron chi connectivity index (χ1n) is 7.53. The Hall–Kier alpha value is -0.950. The number of hydrogen-bond donors (Lipinski definition) is 2. The van der Waals surface area contributed by atoms with E-state index in [2.05, 4.69) is 4.72 Å². The van der Waals surface area contributed by atoms with Crippen LogP contribution < -0.4 is 4.72 Å². The standard InChI is InChI=1S/C15H22N2O3S/c18-11-12-5-4-8-17(10-12)21(19,20)16-15-9-14(15)13-6-2-1-3-7-13/h1-3,6-7,12,14-16,18H,4-5,8-11H2. The number of aliphatic hydroxyl groups excluding tert-OH is 1. The zero-order valence-electron chi connectivity index (χ0n) is 12.0. The molecule has 3 rings (SSSR count). The van der Waals surface area contributed by atoms with Crippen LogP contribution in [0.2, 0.25) is 0 Å². The summed E-state index contributed by atoms with van der Waals surface area (Å²) < 4.78 is 29.1. The third-order valence-electron chi connectivity index (χ3n) is 4.40. The summed E-state index contributed by atoms with van der Waals surface area (Å²) in [6.07, 6.45) is 2.58. The molecule has 2 N–H and O–H groups in total. The quantitative estimate of drug-likeness (QED) is 0.855. The van der Waals surface area contributed by atoms with Gasteiger partial charge < -0.3 is 5.11 Å². The van der Waals surface area contributed by atoms with Crippen LogP contribution >= 0.6 is 0 Å². The average molecular weight is 310 g/mol. The van der Waals surface area contributed by atoms with Crippen molar-refractivity contribution in [1.82, 2.24) is 9.03 Å². The van der Waals surface area contributed by atoms with Gasteiger partial charge in [-0.15, -0.1) is 0 Å². The summed E-state index contributed by atoms with van der Waals surface area (Å²) >= 11 is 0. The molecule has 3 atom stereocenters. The van der Waals surface area contributed by atoms with E-state index in [9.17, 15) is 13.5 Å². The summed E-state index contributed by atoms with van der Waals surface area (Å²) in [6, 6.07) is 10.0. The van der Waals surface area contributed by atoms with E-state index in [4.69, 9.17) is 0 Å². The van der Waals surface area contributed by atoms with E-state index >= 15 is 0 Å². The Morgan fingerprint density at radius 3 is 2.76 bits per heavy atom. The van der Waals surface area contributed by atoms with E-state index in [0.717, 1.165) is 19.3 Å². The predicted octanol–water partition coefficient (Wildman–Crippen LogP) is 1.08. The zero-order chi connectivity index (χ0) is 14.9. The Balaban J connectivity index is 1.60. The highest BCUT2D eigenvalue weighted by Gasteiger charge is 2.42. The molecule has 1 saturated carbocycles. The maximum atomic E-state index is 12.4. The highest BCUT2D eigenvalue weighted by atomic mass is 32.2. The van der Waals surface area contributed by atoms with Crippen molar-refractivity contribution in [3.63, 3.8) is 0 Å². The fraction of sp³-hybridized carbons (Fsp3) is 0.600. The van der Waals surface area contributed by atoms with Crippen molar-refractivity contribution in [3.8, 4) is 0 Å². The van der Waals surface area contributed by atoms with Gasteiger partial charge in [0.1, 0.15) is 0 Å². The van der Waals surface area contributed by atoms with Gasteiger partial charge in [-0.2, -0.15) is 17.4 Å². The lowest BCUT2D eigenvalue weighted by atomic mass is 10.0. The van der Waals surface area contributed by atoms with Gasteiger partial charge in [0, 0.05) is 31.7 Å². The van der Waals surface area contributed by atoms with E-state index < -0.39 is 10.2 Å². The van der Waals surface area contributed by atoms with Gasteiger partial charge in [-0.25, -0.2) is 0 Å². The molecule has 1 aliphatic heterocycles. The predicted molar refractivity (Wildman–Crippen MR) is 81.0 cm³/mol. The Bertz CT molecular complexity index is 576.